The number of rotatable bonds is 7. The lowest BCUT2D eigenvalue weighted by Gasteiger charge is -2.30. The molecule has 1 saturated heterocycles. The van der Waals surface area contributed by atoms with Gasteiger partial charge in [0.25, 0.3) is 5.91 Å². The van der Waals surface area contributed by atoms with Crippen LogP contribution in [0.25, 0.3) is 0 Å². The Morgan fingerprint density at radius 2 is 2.25 bits per heavy atom. The molecule has 2 aromatic rings. The third-order valence-electron chi connectivity index (χ3n) is 4.50. The number of carbonyl (C=O) groups is 1. The molecular weight excluding hydrogens is 320 g/mol. The van der Waals surface area contributed by atoms with Crippen LogP contribution in [0.5, 0.6) is 0 Å². The molecule has 1 aliphatic rings. The second-order valence-corrected chi connectivity index (χ2v) is 7.25. The average Bonchev–Trinajstić information content (AvgIpc) is 3.31. The number of benzene rings is 1. The van der Waals surface area contributed by atoms with Gasteiger partial charge < -0.3 is 9.64 Å². The molecule has 0 aliphatic carbocycles. The summed E-state index contributed by atoms with van der Waals surface area (Å²) < 4.78 is 5.62. The summed E-state index contributed by atoms with van der Waals surface area (Å²) in [5.74, 6) is 0.114. The molecule has 128 valence electrons. The monoisotopic (exact) mass is 344 g/mol. The Morgan fingerprint density at radius 1 is 1.42 bits per heavy atom. The van der Waals surface area contributed by atoms with Crippen molar-refractivity contribution in [2.45, 2.75) is 51.3 Å². The molecular formula is C19H24N2O2S. The van der Waals surface area contributed by atoms with E-state index in [4.69, 9.17) is 4.74 Å². The summed E-state index contributed by atoms with van der Waals surface area (Å²) in [6, 6.07) is 10.6. The minimum atomic E-state index is -0.274. The SMILES string of the molecule is C[C@@H](CCc1ccccc1)N(Cc1nccs1)C(=O)[C@@H]1CCCO1. The highest BCUT2D eigenvalue weighted by Gasteiger charge is 2.31. The number of ether oxygens (including phenoxy) is 1. The van der Waals surface area contributed by atoms with Crippen LogP contribution in [-0.4, -0.2) is 34.5 Å². The van der Waals surface area contributed by atoms with E-state index in [0.717, 1.165) is 30.7 Å². The standard InChI is InChI=1S/C19H24N2O2S/c1-15(9-10-16-6-3-2-4-7-16)21(14-18-20-11-13-24-18)19(22)17-8-5-12-23-17/h2-4,6-7,11,13,15,17H,5,8-10,12,14H2,1H3/t15-,17-/m0/s1. The van der Waals surface area contributed by atoms with Gasteiger partial charge in [-0.1, -0.05) is 30.3 Å². The molecule has 3 rings (SSSR count). The van der Waals surface area contributed by atoms with Gasteiger partial charge in [-0.15, -0.1) is 11.3 Å². The zero-order valence-corrected chi connectivity index (χ0v) is 14.9. The van der Waals surface area contributed by atoms with Gasteiger partial charge in [0, 0.05) is 24.2 Å². The fourth-order valence-corrected chi connectivity index (χ4v) is 3.68. The first-order valence-electron chi connectivity index (χ1n) is 8.58. The van der Waals surface area contributed by atoms with Crippen molar-refractivity contribution in [3.8, 4) is 0 Å². The highest BCUT2D eigenvalue weighted by Crippen LogP contribution is 2.21. The first-order chi connectivity index (χ1) is 11.7. The van der Waals surface area contributed by atoms with Gasteiger partial charge in [0.2, 0.25) is 0 Å². The highest BCUT2D eigenvalue weighted by atomic mass is 32.1. The Hall–Kier alpha value is -1.72. The summed E-state index contributed by atoms with van der Waals surface area (Å²) in [7, 11) is 0. The van der Waals surface area contributed by atoms with Crippen molar-refractivity contribution >= 4 is 17.2 Å². The lowest BCUT2D eigenvalue weighted by molar-refractivity contribution is -0.143. The average molecular weight is 344 g/mol. The Balaban J connectivity index is 1.66. The lowest BCUT2D eigenvalue weighted by Crippen LogP contribution is -2.44. The fraction of sp³-hybridized carbons (Fsp3) is 0.474. The fourth-order valence-electron chi connectivity index (χ4n) is 3.06. The molecule has 5 heteroatoms. The van der Waals surface area contributed by atoms with Gasteiger partial charge in [0.15, 0.2) is 0 Å². The third-order valence-corrected chi connectivity index (χ3v) is 5.27. The molecule has 1 aliphatic heterocycles. The molecule has 0 unspecified atom stereocenters. The van der Waals surface area contributed by atoms with Crippen molar-refractivity contribution in [3.05, 3.63) is 52.5 Å². The summed E-state index contributed by atoms with van der Waals surface area (Å²) in [6.45, 7) is 3.40. The van der Waals surface area contributed by atoms with E-state index in [2.05, 4.69) is 36.2 Å². The van der Waals surface area contributed by atoms with Crippen molar-refractivity contribution in [1.29, 1.82) is 0 Å². The van der Waals surface area contributed by atoms with Crippen LogP contribution < -0.4 is 0 Å². The normalized spacial score (nSPS) is 18.5. The van der Waals surface area contributed by atoms with Gasteiger partial charge in [-0.2, -0.15) is 0 Å². The van der Waals surface area contributed by atoms with E-state index in [1.54, 1.807) is 17.5 Å². The molecule has 4 nitrogen and oxygen atoms in total. The van der Waals surface area contributed by atoms with Gasteiger partial charge in [-0.25, -0.2) is 4.98 Å². The topological polar surface area (TPSA) is 42.4 Å². The number of thiazole rings is 1. The number of amides is 1. The Kier molecular flexibility index (Phi) is 5.99. The van der Waals surface area contributed by atoms with Crippen LogP contribution in [0.3, 0.4) is 0 Å². The minimum absolute atomic E-state index is 0.114. The number of aryl methyl sites for hydroxylation is 1. The molecule has 24 heavy (non-hydrogen) atoms. The smallest absolute Gasteiger partial charge is 0.252 e. The number of nitrogens with zero attached hydrogens (tertiary/aromatic N) is 2. The van der Waals surface area contributed by atoms with Crippen LogP contribution in [0.2, 0.25) is 0 Å². The van der Waals surface area contributed by atoms with Crippen LogP contribution in [0, 0.1) is 0 Å². The molecule has 0 radical (unpaired) electrons. The van der Waals surface area contributed by atoms with E-state index >= 15 is 0 Å². The number of hydrogen-bond donors (Lipinski definition) is 0. The van der Waals surface area contributed by atoms with Crippen molar-refractivity contribution in [2.75, 3.05) is 6.61 Å². The van der Waals surface area contributed by atoms with Gasteiger partial charge in [0.1, 0.15) is 11.1 Å². The second kappa shape index (κ2) is 8.40. The van der Waals surface area contributed by atoms with Gasteiger partial charge in [-0.3, -0.25) is 4.79 Å². The van der Waals surface area contributed by atoms with E-state index in [-0.39, 0.29) is 18.1 Å². The van der Waals surface area contributed by atoms with Crippen LogP contribution in [-0.2, 0) is 22.5 Å². The van der Waals surface area contributed by atoms with Gasteiger partial charge in [-0.05, 0) is 38.2 Å². The van der Waals surface area contributed by atoms with Crippen molar-refractivity contribution in [2.24, 2.45) is 0 Å². The van der Waals surface area contributed by atoms with Crippen molar-refractivity contribution in [1.82, 2.24) is 9.88 Å². The highest BCUT2D eigenvalue weighted by molar-refractivity contribution is 7.09. The zero-order valence-electron chi connectivity index (χ0n) is 14.1. The summed E-state index contributed by atoms with van der Waals surface area (Å²) in [5.41, 5.74) is 1.31. The van der Waals surface area contributed by atoms with Crippen LogP contribution in [0.15, 0.2) is 41.9 Å². The third kappa shape index (κ3) is 4.42. The molecule has 2 heterocycles. The molecule has 0 N–H and O–H groups in total. The van der Waals surface area contributed by atoms with E-state index in [0.29, 0.717) is 13.2 Å². The van der Waals surface area contributed by atoms with E-state index in [1.807, 2.05) is 16.3 Å². The predicted molar refractivity (Wildman–Crippen MR) is 95.9 cm³/mol. The summed E-state index contributed by atoms with van der Waals surface area (Å²) in [6.07, 6.45) is 5.23. The van der Waals surface area contributed by atoms with E-state index in [9.17, 15) is 4.79 Å². The number of aromatic nitrogens is 1. The second-order valence-electron chi connectivity index (χ2n) is 6.27. The zero-order chi connectivity index (χ0) is 16.8. The number of hydrogen-bond acceptors (Lipinski definition) is 4. The van der Waals surface area contributed by atoms with Crippen molar-refractivity contribution < 1.29 is 9.53 Å². The van der Waals surface area contributed by atoms with E-state index in [1.165, 1.54) is 5.56 Å². The maximum Gasteiger partial charge on any atom is 0.252 e. The Morgan fingerprint density at radius 3 is 2.92 bits per heavy atom. The van der Waals surface area contributed by atoms with Gasteiger partial charge in [0.05, 0.1) is 6.54 Å². The summed E-state index contributed by atoms with van der Waals surface area (Å²) >= 11 is 1.60. The quantitative estimate of drug-likeness (QED) is 0.769. The first-order valence-corrected chi connectivity index (χ1v) is 9.46. The summed E-state index contributed by atoms with van der Waals surface area (Å²) in [5, 5.41) is 2.94. The molecule has 1 fully saturated rings. The molecule has 1 aromatic carbocycles. The maximum absolute atomic E-state index is 12.9. The van der Waals surface area contributed by atoms with E-state index < -0.39 is 0 Å². The summed E-state index contributed by atoms with van der Waals surface area (Å²) in [4.78, 5) is 19.2. The minimum Gasteiger partial charge on any atom is -0.368 e. The first kappa shape index (κ1) is 17.1. The predicted octanol–water partition coefficient (Wildman–Crippen LogP) is 3.67. The van der Waals surface area contributed by atoms with Crippen LogP contribution in [0.1, 0.15) is 36.8 Å². The van der Waals surface area contributed by atoms with Crippen LogP contribution >= 0.6 is 11.3 Å². The molecule has 2 atom stereocenters. The van der Waals surface area contributed by atoms with Gasteiger partial charge >= 0.3 is 0 Å². The van der Waals surface area contributed by atoms with Crippen LogP contribution in [0.4, 0.5) is 0 Å². The van der Waals surface area contributed by atoms with Crippen molar-refractivity contribution in [3.63, 3.8) is 0 Å². The molecule has 0 saturated carbocycles. The molecule has 0 spiro atoms. The lowest BCUT2D eigenvalue weighted by atomic mass is 10.0. The maximum atomic E-state index is 12.9. The largest absolute Gasteiger partial charge is 0.368 e. The number of carbonyl (C=O) groups excluding carboxylic acids is 1. The molecule has 1 amide bonds. The molecule has 0 bridgehead atoms. The molecule has 1 aromatic heterocycles. The Labute approximate surface area is 147 Å². The Bertz CT molecular complexity index is 624.